The van der Waals surface area contributed by atoms with Gasteiger partial charge in [-0.15, -0.1) is 0 Å². The molecule has 0 spiro atoms. The third-order valence-corrected chi connectivity index (χ3v) is 8.18. The van der Waals surface area contributed by atoms with Crippen LogP contribution in [0.25, 0.3) is 11.5 Å². The maximum absolute atomic E-state index is 14.7. The molecule has 0 unspecified atom stereocenters. The Hall–Kier alpha value is -2.52. The molecule has 3 aromatic carbocycles. The summed E-state index contributed by atoms with van der Waals surface area (Å²) in [5.74, 6) is 0.717. The Labute approximate surface area is 185 Å². The molecule has 0 saturated carbocycles. The fourth-order valence-electron chi connectivity index (χ4n) is 3.25. The Morgan fingerprint density at radius 1 is 0.867 bits per heavy atom. The first-order valence-corrected chi connectivity index (χ1v) is 11.7. The van der Waals surface area contributed by atoms with Crippen LogP contribution in [-0.4, -0.2) is 19.1 Å². The van der Waals surface area contributed by atoms with Gasteiger partial charge in [0, 0.05) is 29.7 Å². The van der Waals surface area contributed by atoms with Crippen molar-refractivity contribution in [1.82, 2.24) is 4.98 Å². The molecule has 30 heavy (non-hydrogen) atoms. The van der Waals surface area contributed by atoms with E-state index in [-0.39, 0.29) is 0 Å². The second kappa shape index (κ2) is 8.31. The molecular formula is C23H19Cl2N2O2P. The lowest BCUT2D eigenvalue weighted by molar-refractivity contribution is 0.572. The molecule has 0 bridgehead atoms. The molecule has 0 aliphatic rings. The minimum Gasteiger partial charge on any atom is -0.420 e. The van der Waals surface area contributed by atoms with Gasteiger partial charge in [-0.2, -0.15) is 0 Å². The number of hydrogen-bond acceptors (Lipinski definition) is 4. The van der Waals surface area contributed by atoms with Crippen LogP contribution in [0.5, 0.6) is 0 Å². The van der Waals surface area contributed by atoms with E-state index in [1.54, 1.807) is 23.1 Å². The normalized spacial score (nSPS) is 11.5. The molecule has 0 aliphatic carbocycles. The van der Waals surface area contributed by atoms with E-state index in [1.807, 2.05) is 74.8 Å². The van der Waals surface area contributed by atoms with E-state index in [9.17, 15) is 4.57 Å². The third-order valence-electron chi connectivity index (χ3n) is 4.70. The lowest BCUT2D eigenvalue weighted by Crippen LogP contribution is -2.29. The highest BCUT2D eigenvalue weighted by Gasteiger charge is 2.37. The number of nitrogens with zero attached hydrogens (tertiary/aromatic N) is 2. The Bertz CT molecular complexity index is 1180. The van der Waals surface area contributed by atoms with E-state index in [0.717, 1.165) is 0 Å². The van der Waals surface area contributed by atoms with Crippen LogP contribution in [0.2, 0.25) is 10.0 Å². The summed E-state index contributed by atoms with van der Waals surface area (Å²) >= 11 is 12.4. The molecule has 4 rings (SSSR count). The van der Waals surface area contributed by atoms with E-state index in [4.69, 9.17) is 32.6 Å². The fraction of sp³-hybridized carbons (Fsp3) is 0.0870. The van der Waals surface area contributed by atoms with Gasteiger partial charge >= 0.3 is 0 Å². The Kier molecular flexibility index (Phi) is 5.75. The van der Waals surface area contributed by atoms with Crippen LogP contribution in [-0.2, 0) is 4.57 Å². The summed E-state index contributed by atoms with van der Waals surface area (Å²) in [6, 6.07) is 23.8. The number of benzene rings is 3. The van der Waals surface area contributed by atoms with Crippen LogP contribution < -0.4 is 20.9 Å². The molecule has 1 heterocycles. The van der Waals surface area contributed by atoms with Gasteiger partial charge in [-0.25, -0.2) is 4.98 Å². The smallest absolute Gasteiger partial charge is 0.231 e. The van der Waals surface area contributed by atoms with Crippen LogP contribution in [0, 0.1) is 0 Å². The molecule has 0 atom stereocenters. The van der Waals surface area contributed by atoms with Crippen molar-refractivity contribution in [1.29, 1.82) is 0 Å². The summed E-state index contributed by atoms with van der Waals surface area (Å²) in [5.41, 5.74) is 0.967. The van der Waals surface area contributed by atoms with E-state index in [0.29, 0.717) is 43.4 Å². The largest absolute Gasteiger partial charge is 0.420 e. The molecule has 0 radical (unpaired) electrons. The predicted octanol–water partition coefficient (Wildman–Crippen LogP) is 5.35. The molecule has 4 aromatic rings. The summed E-state index contributed by atoms with van der Waals surface area (Å²) in [7, 11) is 0.354. The second-order valence-corrected chi connectivity index (χ2v) is 10.5. The van der Waals surface area contributed by atoms with Crippen molar-refractivity contribution in [2.75, 3.05) is 19.0 Å². The molecule has 152 valence electrons. The lowest BCUT2D eigenvalue weighted by atomic mass is 10.2. The van der Waals surface area contributed by atoms with Crippen LogP contribution in [0.3, 0.4) is 0 Å². The highest BCUT2D eigenvalue weighted by Crippen LogP contribution is 2.46. The van der Waals surface area contributed by atoms with Gasteiger partial charge in [0.15, 0.2) is 12.6 Å². The molecule has 7 heteroatoms. The van der Waals surface area contributed by atoms with Crippen molar-refractivity contribution in [2.24, 2.45) is 0 Å². The van der Waals surface area contributed by atoms with Crippen molar-refractivity contribution in [2.45, 2.75) is 0 Å². The van der Waals surface area contributed by atoms with Gasteiger partial charge in [0.05, 0.1) is 10.6 Å². The number of rotatable bonds is 5. The quantitative estimate of drug-likeness (QED) is 0.379. The van der Waals surface area contributed by atoms with Crippen LogP contribution in [0.1, 0.15) is 0 Å². The highest BCUT2D eigenvalue weighted by atomic mass is 35.5. The average molecular weight is 457 g/mol. The standard InChI is InChI=1S/C23H19Cl2N2O2P/c1-27(2)23-22(26-21(29-23)19-14-13-16(24)15-20(19)25)30(28,17-9-5-3-6-10-17)18-11-7-4-8-12-18/h3-15H,1-2H3. The number of oxazole rings is 1. The van der Waals surface area contributed by atoms with Crippen LogP contribution in [0.15, 0.2) is 83.3 Å². The molecule has 0 saturated heterocycles. The van der Waals surface area contributed by atoms with E-state index < -0.39 is 7.14 Å². The van der Waals surface area contributed by atoms with Gasteiger partial charge < -0.3 is 13.9 Å². The summed E-state index contributed by atoms with van der Waals surface area (Å²) < 4.78 is 20.8. The van der Waals surface area contributed by atoms with Crippen molar-refractivity contribution in [3.8, 4) is 11.5 Å². The first-order valence-electron chi connectivity index (χ1n) is 9.26. The van der Waals surface area contributed by atoms with E-state index in [2.05, 4.69) is 0 Å². The summed E-state index contributed by atoms with van der Waals surface area (Å²) in [6.07, 6.45) is 0. The summed E-state index contributed by atoms with van der Waals surface area (Å²) in [4.78, 5) is 6.49. The maximum atomic E-state index is 14.7. The van der Waals surface area contributed by atoms with Crippen LogP contribution in [0.4, 0.5) is 5.88 Å². The van der Waals surface area contributed by atoms with Gasteiger partial charge in [0.25, 0.3) is 0 Å². The first kappa shape index (κ1) is 20.7. The maximum Gasteiger partial charge on any atom is 0.231 e. The lowest BCUT2D eigenvalue weighted by Gasteiger charge is -2.20. The van der Waals surface area contributed by atoms with Crippen molar-refractivity contribution >= 4 is 52.3 Å². The topological polar surface area (TPSA) is 46.3 Å². The summed E-state index contributed by atoms with van der Waals surface area (Å²) in [6.45, 7) is 0. The monoisotopic (exact) mass is 456 g/mol. The van der Waals surface area contributed by atoms with Gasteiger partial charge in [-0.3, -0.25) is 0 Å². The highest BCUT2D eigenvalue weighted by molar-refractivity contribution is 7.85. The number of anilines is 1. The minimum absolute atomic E-state index is 0.294. The third kappa shape index (κ3) is 3.67. The van der Waals surface area contributed by atoms with Crippen LogP contribution >= 0.6 is 30.3 Å². The molecule has 0 N–H and O–H groups in total. The average Bonchev–Trinajstić information content (AvgIpc) is 3.20. The number of aromatic nitrogens is 1. The Morgan fingerprint density at radius 2 is 1.43 bits per heavy atom. The zero-order chi connectivity index (χ0) is 21.3. The molecule has 0 aliphatic heterocycles. The van der Waals surface area contributed by atoms with Crippen molar-refractivity contribution < 1.29 is 8.98 Å². The predicted molar refractivity (Wildman–Crippen MR) is 126 cm³/mol. The molecule has 0 fully saturated rings. The Balaban J connectivity index is 2.00. The van der Waals surface area contributed by atoms with Gasteiger partial charge in [-0.1, -0.05) is 83.9 Å². The molecule has 4 nitrogen and oxygen atoms in total. The number of hydrogen-bond donors (Lipinski definition) is 0. The summed E-state index contributed by atoms with van der Waals surface area (Å²) in [5, 5.41) is 2.29. The van der Waals surface area contributed by atoms with Gasteiger partial charge in [0.1, 0.15) is 0 Å². The minimum atomic E-state index is -3.31. The first-order chi connectivity index (χ1) is 14.4. The Morgan fingerprint density at radius 3 is 1.93 bits per heavy atom. The SMILES string of the molecule is CN(C)c1oc(-c2ccc(Cl)cc2Cl)nc1P(=O)(c1ccccc1)c1ccccc1. The second-order valence-electron chi connectivity index (χ2n) is 6.95. The van der Waals surface area contributed by atoms with Crippen molar-refractivity contribution in [3.05, 3.63) is 88.9 Å². The zero-order valence-corrected chi connectivity index (χ0v) is 18.8. The van der Waals surface area contributed by atoms with E-state index in [1.165, 1.54) is 0 Å². The van der Waals surface area contributed by atoms with Gasteiger partial charge in [0.2, 0.25) is 11.8 Å². The molecular weight excluding hydrogens is 438 g/mol. The van der Waals surface area contributed by atoms with Gasteiger partial charge in [-0.05, 0) is 18.2 Å². The number of halogens is 2. The zero-order valence-electron chi connectivity index (χ0n) is 16.4. The van der Waals surface area contributed by atoms with Crippen molar-refractivity contribution in [3.63, 3.8) is 0 Å². The van der Waals surface area contributed by atoms with E-state index >= 15 is 0 Å². The fourth-order valence-corrected chi connectivity index (χ4v) is 6.46. The molecule has 0 amide bonds. The molecule has 1 aromatic heterocycles.